The van der Waals surface area contributed by atoms with Crippen LogP contribution in [0.3, 0.4) is 0 Å². The molecule has 1 fully saturated rings. The molecule has 1 aromatic carbocycles. The predicted molar refractivity (Wildman–Crippen MR) is 81.6 cm³/mol. The summed E-state index contributed by atoms with van der Waals surface area (Å²) in [5.41, 5.74) is 1.96. The Balaban J connectivity index is 1.91. The summed E-state index contributed by atoms with van der Waals surface area (Å²) >= 11 is 3.54. The molecule has 0 aromatic heterocycles. The zero-order valence-corrected chi connectivity index (χ0v) is 13.3. The maximum Gasteiger partial charge on any atom is 0.0234 e. The molecule has 0 bridgehead atoms. The molecule has 1 nitrogen and oxygen atoms in total. The van der Waals surface area contributed by atoms with Gasteiger partial charge in [-0.15, -0.1) is 0 Å². The van der Waals surface area contributed by atoms with Gasteiger partial charge in [0.15, 0.2) is 0 Å². The second-order valence-electron chi connectivity index (χ2n) is 6.44. The Morgan fingerprint density at radius 3 is 2.56 bits per heavy atom. The number of halogens is 1. The molecule has 1 aromatic rings. The maximum atomic E-state index is 3.54. The van der Waals surface area contributed by atoms with Crippen LogP contribution in [-0.2, 0) is 6.54 Å². The molecule has 0 amide bonds. The van der Waals surface area contributed by atoms with Gasteiger partial charge in [0.05, 0.1) is 0 Å². The summed E-state index contributed by atoms with van der Waals surface area (Å²) in [5, 5.41) is 0. The van der Waals surface area contributed by atoms with Gasteiger partial charge in [0.25, 0.3) is 0 Å². The average Bonchev–Trinajstić information content (AvgIpc) is 2.28. The standard InChI is InChI=1S/C16H24BrN/c1-16(2)9-7-15(8-10-16)18(3)12-13-5-4-6-14(17)11-13/h4-6,11,15H,7-10,12H2,1-3H3. The summed E-state index contributed by atoms with van der Waals surface area (Å²) in [6.45, 7) is 5.86. The van der Waals surface area contributed by atoms with Crippen LogP contribution < -0.4 is 0 Å². The minimum absolute atomic E-state index is 0.563. The van der Waals surface area contributed by atoms with Gasteiger partial charge in [0, 0.05) is 17.1 Å². The van der Waals surface area contributed by atoms with E-state index in [1.165, 1.54) is 35.7 Å². The Morgan fingerprint density at radius 1 is 1.28 bits per heavy atom. The van der Waals surface area contributed by atoms with E-state index in [1.807, 2.05) is 0 Å². The van der Waals surface area contributed by atoms with Crippen LogP contribution in [0.2, 0.25) is 0 Å². The van der Waals surface area contributed by atoms with Crippen LogP contribution in [0.15, 0.2) is 28.7 Å². The molecular weight excluding hydrogens is 286 g/mol. The van der Waals surface area contributed by atoms with Crippen LogP contribution >= 0.6 is 15.9 Å². The molecule has 0 spiro atoms. The fourth-order valence-corrected chi connectivity index (χ4v) is 3.32. The second kappa shape index (κ2) is 5.75. The molecule has 0 saturated heterocycles. The number of rotatable bonds is 3. The molecule has 0 atom stereocenters. The molecule has 2 rings (SSSR count). The fourth-order valence-electron chi connectivity index (χ4n) is 2.88. The molecular formula is C16H24BrN. The lowest BCUT2D eigenvalue weighted by Gasteiger charge is -2.38. The first kappa shape index (κ1) is 14.1. The van der Waals surface area contributed by atoms with Gasteiger partial charge in [-0.2, -0.15) is 0 Å². The minimum atomic E-state index is 0.563. The monoisotopic (exact) mass is 309 g/mol. The zero-order chi connectivity index (χ0) is 13.2. The Hall–Kier alpha value is -0.340. The van der Waals surface area contributed by atoms with E-state index in [9.17, 15) is 0 Å². The topological polar surface area (TPSA) is 3.24 Å². The SMILES string of the molecule is CN(Cc1cccc(Br)c1)C1CCC(C)(C)CC1. The number of nitrogens with zero attached hydrogens (tertiary/aromatic N) is 1. The summed E-state index contributed by atoms with van der Waals surface area (Å²) in [7, 11) is 2.27. The van der Waals surface area contributed by atoms with Crippen molar-refractivity contribution in [2.45, 2.75) is 52.1 Å². The highest BCUT2D eigenvalue weighted by molar-refractivity contribution is 9.10. The highest BCUT2D eigenvalue weighted by Crippen LogP contribution is 2.36. The quantitative estimate of drug-likeness (QED) is 0.771. The minimum Gasteiger partial charge on any atom is -0.299 e. The van der Waals surface area contributed by atoms with Gasteiger partial charge in [-0.1, -0.05) is 41.9 Å². The number of hydrogen-bond donors (Lipinski definition) is 0. The zero-order valence-electron chi connectivity index (χ0n) is 11.7. The third-order valence-corrected chi connectivity index (χ3v) is 4.75. The van der Waals surface area contributed by atoms with Gasteiger partial charge in [-0.25, -0.2) is 0 Å². The molecule has 1 aliphatic rings. The van der Waals surface area contributed by atoms with E-state index >= 15 is 0 Å². The third kappa shape index (κ3) is 3.83. The molecule has 0 heterocycles. The summed E-state index contributed by atoms with van der Waals surface area (Å²) in [6, 6.07) is 9.42. The largest absolute Gasteiger partial charge is 0.299 e. The normalized spacial score (nSPS) is 20.3. The van der Waals surface area contributed by atoms with Crippen molar-refractivity contribution >= 4 is 15.9 Å². The van der Waals surface area contributed by atoms with E-state index in [-0.39, 0.29) is 0 Å². The van der Waals surface area contributed by atoms with Gasteiger partial charge >= 0.3 is 0 Å². The van der Waals surface area contributed by atoms with E-state index in [4.69, 9.17) is 0 Å². The molecule has 0 N–H and O–H groups in total. The first-order chi connectivity index (χ1) is 8.46. The molecule has 0 unspecified atom stereocenters. The van der Waals surface area contributed by atoms with Crippen LogP contribution in [0.5, 0.6) is 0 Å². The smallest absolute Gasteiger partial charge is 0.0234 e. The van der Waals surface area contributed by atoms with Crippen molar-refractivity contribution in [2.75, 3.05) is 7.05 Å². The Morgan fingerprint density at radius 2 is 1.94 bits per heavy atom. The fraction of sp³-hybridized carbons (Fsp3) is 0.625. The van der Waals surface area contributed by atoms with Crippen LogP contribution in [0, 0.1) is 5.41 Å². The van der Waals surface area contributed by atoms with Gasteiger partial charge in [0.2, 0.25) is 0 Å². The van der Waals surface area contributed by atoms with E-state index < -0.39 is 0 Å². The van der Waals surface area contributed by atoms with Crippen LogP contribution in [0.4, 0.5) is 0 Å². The molecule has 1 aliphatic carbocycles. The number of hydrogen-bond acceptors (Lipinski definition) is 1. The summed E-state index contributed by atoms with van der Waals surface area (Å²) in [5.74, 6) is 0. The lowest BCUT2D eigenvalue weighted by atomic mass is 9.75. The predicted octanol–water partition coefficient (Wildman–Crippen LogP) is 4.85. The first-order valence-electron chi connectivity index (χ1n) is 6.91. The van der Waals surface area contributed by atoms with Gasteiger partial charge < -0.3 is 0 Å². The lowest BCUT2D eigenvalue weighted by molar-refractivity contribution is 0.123. The highest BCUT2D eigenvalue weighted by atomic mass is 79.9. The molecule has 0 radical (unpaired) electrons. The number of benzene rings is 1. The Labute approximate surface area is 120 Å². The summed E-state index contributed by atoms with van der Waals surface area (Å²) in [4.78, 5) is 2.52. The van der Waals surface area contributed by atoms with Crippen molar-refractivity contribution in [3.05, 3.63) is 34.3 Å². The molecule has 0 aliphatic heterocycles. The van der Waals surface area contributed by atoms with Crippen LogP contribution in [0.1, 0.15) is 45.1 Å². The van der Waals surface area contributed by atoms with Crippen molar-refractivity contribution in [1.29, 1.82) is 0 Å². The van der Waals surface area contributed by atoms with E-state index in [1.54, 1.807) is 0 Å². The van der Waals surface area contributed by atoms with Gasteiger partial charge in [0.1, 0.15) is 0 Å². The molecule has 2 heteroatoms. The van der Waals surface area contributed by atoms with Gasteiger partial charge in [-0.05, 0) is 55.8 Å². The van der Waals surface area contributed by atoms with E-state index in [0.29, 0.717) is 5.41 Å². The van der Waals surface area contributed by atoms with Crippen molar-refractivity contribution in [3.63, 3.8) is 0 Å². The van der Waals surface area contributed by atoms with Crippen molar-refractivity contribution in [2.24, 2.45) is 5.41 Å². The molecule has 1 saturated carbocycles. The summed E-state index contributed by atoms with van der Waals surface area (Å²) < 4.78 is 1.18. The van der Waals surface area contributed by atoms with Crippen LogP contribution in [0.25, 0.3) is 0 Å². The van der Waals surface area contributed by atoms with Gasteiger partial charge in [-0.3, -0.25) is 4.90 Å². The van der Waals surface area contributed by atoms with E-state index in [2.05, 4.69) is 66.0 Å². The van der Waals surface area contributed by atoms with Crippen LogP contribution in [-0.4, -0.2) is 18.0 Å². The maximum absolute atomic E-state index is 3.54. The summed E-state index contributed by atoms with van der Waals surface area (Å²) in [6.07, 6.45) is 5.41. The van der Waals surface area contributed by atoms with Crippen molar-refractivity contribution in [1.82, 2.24) is 4.90 Å². The highest BCUT2D eigenvalue weighted by Gasteiger charge is 2.28. The lowest BCUT2D eigenvalue weighted by Crippen LogP contribution is -2.36. The van der Waals surface area contributed by atoms with Crippen molar-refractivity contribution < 1.29 is 0 Å². The Kier molecular flexibility index (Phi) is 4.50. The van der Waals surface area contributed by atoms with Crippen molar-refractivity contribution in [3.8, 4) is 0 Å². The Bertz CT molecular complexity index is 390. The molecule has 100 valence electrons. The average molecular weight is 310 g/mol. The van der Waals surface area contributed by atoms with E-state index in [0.717, 1.165) is 12.6 Å². The molecule has 18 heavy (non-hydrogen) atoms. The third-order valence-electron chi connectivity index (χ3n) is 4.25. The first-order valence-corrected chi connectivity index (χ1v) is 7.70. The second-order valence-corrected chi connectivity index (χ2v) is 7.36.